The van der Waals surface area contributed by atoms with E-state index in [9.17, 15) is 4.79 Å². The standard InChI is InChI=1S/C9H18NO/c1-5-10(7-11)6-9(4)8(2)3/h8-9H,5-6H2,1-4H3. The molecule has 65 valence electrons. The van der Waals surface area contributed by atoms with Crippen LogP contribution in [0.2, 0.25) is 0 Å². The first-order chi connectivity index (χ1) is 5.11. The number of hydrogen-bond acceptors (Lipinski definition) is 1. The van der Waals surface area contributed by atoms with Crippen LogP contribution >= 0.6 is 0 Å². The van der Waals surface area contributed by atoms with Gasteiger partial charge in [-0.3, -0.25) is 4.79 Å². The molecule has 0 fully saturated rings. The number of carbonyl (C=O) groups excluding carboxylic acids is 1. The van der Waals surface area contributed by atoms with Crippen molar-refractivity contribution in [2.24, 2.45) is 11.8 Å². The van der Waals surface area contributed by atoms with Crippen LogP contribution in [0.25, 0.3) is 0 Å². The third kappa shape index (κ3) is 4.02. The molecule has 0 saturated carbocycles. The Hall–Kier alpha value is -0.530. The van der Waals surface area contributed by atoms with Crippen LogP contribution in [-0.4, -0.2) is 24.4 Å². The van der Waals surface area contributed by atoms with Gasteiger partial charge in [0, 0.05) is 13.1 Å². The Morgan fingerprint density at radius 3 is 2.18 bits per heavy atom. The summed E-state index contributed by atoms with van der Waals surface area (Å²) in [6.07, 6.45) is 1.92. The first kappa shape index (κ1) is 10.5. The zero-order valence-electron chi connectivity index (χ0n) is 7.92. The van der Waals surface area contributed by atoms with E-state index in [1.807, 2.05) is 13.3 Å². The van der Waals surface area contributed by atoms with Crippen molar-refractivity contribution >= 4 is 6.41 Å². The van der Waals surface area contributed by atoms with Crippen molar-refractivity contribution in [2.45, 2.75) is 27.7 Å². The number of amides is 1. The highest BCUT2D eigenvalue weighted by Gasteiger charge is 2.10. The Bertz CT molecular complexity index is 112. The summed E-state index contributed by atoms with van der Waals surface area (Å²) in [5.41, 5.74) is 0. The molecule has 0 aromatic rings. The Labute approximate surface area is 69.6 Å². The number of rotatable bonds is 5. The van der Waals surface area contributed by atoms with Gasteiger partial charge < -0.3 is 4.90 Å². The lowest BCUT2D eigenvalue weighted by molar-refractivity contribution is 0.294. The zero-order valence-corrected chi connectivity index (χ0v) is 7.92. The quantitative estimate of drug-likeness (QED) is 0.554. The van der Waals surface area contributed by atoms with Crippen molar-refractivity contribution in [3.63, 3.8) is 0 Å². The summed E-state index contributed by atoms with van der Waals surface area (Å²) in [7, 11) is 0. The lowest BCUT2D eigenvalue weighted by atomic mass is 9.98. The molecule has 1 radical (unpaired) electrons. The van der Waals surface area contributed by atoms with E-state index in [-0.39, 0.29) is 0 Å². The Kier molecular flexibility index (Phi) is 4.92. The molecule has 0 saturated heterocycles. The van der Waals surface area contributed by atoms with Crippen LogP contribution in [0.1, 0.15) is 27.7 Å². The molecule has 11 heavy (non-hydrogen) atoms. The normalized spacial score (nSPS) is 13.2. The maximum atomic E-state index is 10.3. The topological polar surface area (TPSA) is 20.3 Å². The summed E-state index contributed by atoms with van der Waals surface area (Å²) in [4.78, 5) is 12.0. The van der Waals surface area contributed by atoms with Gasteiger partial charge in [0.05, 0.1) is 0 Å². The van der Waals surface area contributed by atoms with Crippen LogP contribution in [0.4, 0.5) is 0 Å². The average Bonchev–Trinajstić information content (AvgIpc) is 1.99. The molecular formula is C9H18NO. The fourth-order valence-corrected chi connectivity index (χ4v) is 0.789. The summed E-state index contributed by atoms with van der Waals surface area (Å²) in [5, 5.41) is 0. The minimum Gasteiger partial charge on any atom is -0.334 e. The SMILES string of the molecule is CCN([C]=O)CC(C)C(C)C. The molecule has 2 heteroatoms. The first-order valence-corrected chi connectivity index (χ1v) is 4.24. The van der Waals surface area contributed by atoms with E-state index in [4.69, 9.17) is 0 Å². The fourth-order valence-electron chi connectivity index (χ4n) is 0.789. The van der Waals surface area contributed by atoms with Gasteiger partial charge in [-0.15, -0.1) is 0 Å². The molecule has 2 nitrogen and oxygen atoms in total. The Morgan fingerprint density at radius 2 is 1.91 bits per heavy atom. The van der Waals surface area contributed by atoms with Gasteiger partial charge in [0.1, 0.15) is 0 Å². The summed E-state index contributed by atoms with van der Waals surface area (Å²) in [6.45, 7) is 10.1. The van der Waals surface area contributed by atoms with Crippen molar-refractivity contribution < 1.29 is 4.79 Å². The van der Waals surface area contributed by atoms with E-state index in [1.54, 1.807) is 4.90 Å². The molecule has 0 N–H and O–H groups in total. The van der Waals surface area contributed by atoms with Crippen LogP contribution < -0.4 is 0 Å². The van der Waals surface area contributed by atoms with Crippen LogP contribution in [0.3, 0.4) is 0 Å². The van der Waals surface area contributed by atoms with Crippen molar-refractivity contribution in [2.75, 3.05) is 13.1 Å². The van der Waals surface area contributed by atoms with E-state index < -0.39 is 0 Å². The van der Waals surface area contributed by atoms with Crippen LogP contribution in [0, 0.1) is 11.8 Å². The molecule has 1 unspecified atom stereocenters. The van der Waals surface area contributed by atoms with Crippen LogP contribution in [-0.2, 0) is 4.79 Å². The molecule has 1 amide bonds. The molecular weight excluding hydrogens is 138 g/mol. The van der Waals surface area contributed by atoms with Gasteiger partial charge in [0.2, 0.25) is 0 Å². The summed E-state index contributed by atoms with van der Waals surface area (Å²) in [5.74, 6) is 1.20. The zero-order chi connectivity index (χ0) is 8.85. The lowest BCUT2D eigenvalue weighted by Gasteiger charge is -2.21. The van der Waals surface area contributed by atoms with Gasteiger partial charge >= 0.3 is 6.41 Å². The highest BCUT2D eigenvalue weighted by molar-refractivity contribution is 5.47. The smallest absolute Gasteiger partial charge is 0.312 e. The molecule has 0 aromatic carbocycles. The highest BCUT2D eigenvalue weighted by atomic mass is 16.1. The van der Waals surface area contributed by atoms with Gasteiger partial charge in [0.25, 0.3) is 0 Å². The predicted molar refractivity (Wildman–Crippen MR) is 46.9 cm³/mol. The maximum Gasteiger partial charge on any atom is 0.312 e. The minimum atomic E-state index is 0.566. The highest BCUT2D eigenvalue weighted by Crippen LogP contribution is 2.10. The molecule has 0 aliphatic heterocycles. The van der Waals surface area contributed by atoms with E-state index in [0.29, 0.717) is 11.8 Å². The van der Waals surface area contributed by atoms with E-state index >= 15 is 0 Å². The molecule has 0 heterocycles. The van der Waals surface area contributed by atoms with Gasteiger partial charge in [-0.05, 0) is 18.8 Å². The van der Waals surface area contributed by atoms with Gasteiger partial charge in [0.15, 0.2) is 0 Å². The molecule has 0 rings (SSSR count). The second-order valence-electron chi connectivity index (χ2n) is 3.35. The molecule has 0 aliphatic rings. The van der Waals surface area contributed by atoms with Crippen molar-refractivity contribution in [1.29, 1.82) is 0 Å². The predicted octanol–water partition coefficient (Wildman–Crippen LogP) is 1.67. The second kappa shape index (κ2) is 5.16. The maximum absolute atomic E-state index is 10.3. The number of nitrogens with zero attached hydrogens (tertiary/aromatic N) is 1. The summed E-state index contributed by atoms with van der Waals surface area (Å²) >= 11 is 0. The molecule has 0 spiro atoms. The molecule has 0 aromatic heterocycles. The van der Waals surface area contributed by atoms with Crippen molar-refractivity contribution in [3.8, 4) is 0 Å². The van der Waals surface area contributed by atoms with E-state index in [1.165, 1.54) is 0 Å². The van der Waals surface area contributed by atoms with Crippen molar-refractivity contribution in [1.82, 2.24) is 4.90 Å². The second-order valence-corrected chi connectivity index (χ2v) is 3.35. The van der Waals surface area contributed by atoms with Crippen LogP contribution in [0.15, 0.2) is 0 Å². The monoisotopic (exact) mass is 156 g/mol. The number of hydrogen-bond donors (Lipinski definition) is 0. The Morgan fingerprint density at radius 1 is 1.36 bits per heavy atom. The first-order valence-electron chi connectivity index (χ1n) is 4.24. The largest absolute Gasteiger partial charge is 0.334 e. The molecule has 0 bridgehead atoms. The lowest BCUT2D eigenvalue weighted by Crippen LogP contribution is -2.28. The van der Waals surface area contributed by atoms with E-state index in [2.05, 4.69) is 20.8 Å². The Balaban J connectivity index is 3.71. The van der Waals surface area contributed by atoms with Crippen molar-refractivity contribution in [3.05, 3.63) is 0 Å². The third-order valence-electron chi connectivity index (χ3n) is 2.16. The average molecular weight is 156 g/mol. The van der Waals surface area contributed by atoms with Crippen LogP contribution in [0.5, 0.6) is 0 Å². The van der Waals surface area contributed by atoms with Gasteiger partial charge in [-0.25, -0.2) is 0 Å². The van der Waals surface area contributed by atoms with E-state index in [0.717, 1.165) is 13.1 Å². The molecule has 0 aliphatic carbocycles. The van der Waals surface area contributed by atoms with Gasteiger partial charge in [-0.2, -0.15) is 0 Å². The fraction of sp³-hybridized carbons (Fsp3) is 0.889. The summed E-state index contributed by atoms with van der Waals surface area (Å²) in [6, 6.07) is 0. The third-order valence-corrected chi connectivity index (χ3v) is 2.16. The molecule has 1 atom stereocenters. The minimum absolute atomic E-state index is 0.566. The van der Waals surface area contributed by atoms with Gasteiger partial charge in [-0.1, -0.05) is 20.8 Å². The summed E-state index contributed by atoms with van der Waals surface area (Å²) < 4.78 is 0.